The molecule has 12 nitrogen and oxygen atoms in total. The van der Waals surface area contributed by atoms with Gasteiger partial charge >= 0.3 is 7.60 Å². The summed E-state index contributed by atoms with van der Waals surface area (Å²) in [4.78, 5) is 15.7. The number of benzene rings is 1. The molecule has 5 N–H and O–H groups in total. The van der Waals surface area contributed by atoms with Crippen molar-refractivity contribution in [2.45, 2.75) is 36.8 Å². The number of alkyl halides is 2. The Labute approximate surface area is 221 Å². The summed E-state index contributed by atoms with van der Waals surface area (Å²) >= 11 is 6.13. The van der Waals surface area contributed by atoms with Crippen molar-refractivity contribution in [3.63, 3.8) is 0 Å². The third kappa shape index (κ3) is 4.81. The Kier molecular flexibility index (Phi) is 7.40. The van der Waals surface area contributed by atoms with Gasteiger partial charge in [0.1, 0.15) is 35.3 Å². The first-order valence-corrected chi connectivity index (χ1v) is 13.5. The maximum Gasteiger partial charge on any atom is 0.379 e. The number of nitrogens with zero attached hydrogens (tertiary/aromatic N) is 4. The third-order valence-corrected chi connectivity index (χ3v) is 8.73. The SMILES string of the molecule is CC(=O)[C@H](C)CP(=O)(OC[C@H]1O[C@@](C#N)(c2ccc3c(N)nc(N)nn23)[C@@](F)(Cl)C1O)Oc1ccccc1. The Bertz CT molecular complexity index is 1450. The molecule has 0 spiro atoms. The minimum Gasteiger partial charge on any atom is -0.424 e. The summed E-state index contributed by atoms with van der Waals surface area (Å²) < 4.78 is 47.6. The average molecular weight is 567 g/mol. The van der Waals surface area contributed by atoms with Gasteiger partial charge < -0.3 is 25.8 Å². The molecule has 38 heavy (non-hydrogen) atoms. The van der Waals surface area contributed by atoms with Crippen molar-refractivity contribution in [2.24, 2.45) is 5.92 Å². The summed E-state index contributed by atoms with van der Waals surface area (Å²) in [5.74, 6) is -1.06. The summed E-state index contributed by atoms with van der Waals surface area (Å²) in [6.07, 6.45) is -4.01. The molecule has 202 valence electrons. The number of nitrogen functional groups attached to an aromatic ring is 2. The molecule has 0 saturated carbocycles. The van der Waals surface area contributed by atoms with Gasteiger partial charge in [0.05, 0.1) is 18.5 Å². The van der Waals surface area contributed by atoms with E-state index in [-0.39, 0.29) is 40.7 Å². The molecule has 15 heteroatoms. The number of ketones is 1. The number of ether oxygens (including phenoxy) is 1. The molecule has 0 aliphatic carbocycles. The Hall–Kier alpha value is -3.27. The van der Waals surface area contributed by atoms with Gasteiger partial charge in [0.15, 0.2) is 5.82 Å². The van der Waals surface area contributed by atoms with E-state index in [1.165, 1.54) is 19.1 Å². The number of hydrogen-bond donors (Lipinski definition) is 3. The predicted octanol–water partition coefficient (Wildman–Crippen LogP) is 2.79. The molecule has 1 aliphatic heterocycles. The van der Waals surface area contributed by atoms with Crippen LogP contribution in [0.15, 0.2) is 42.5 Å². The molecule has 1 fully saturated rings. The highest BCUT2D eigenvalue weighted by atomic mass is 35.5. The highest BCUT2D eigenvalue weighted by molar-refractivity contribution is 7.54. The van der Waals surface area contributed by atoms with Gasteiger partial charge in [-0.3, -0.25) is 9.32 Å². The maximum atomic E-state index is 16.0. The summed E-state index contributed by atoms with van der Waals surface area (Å²) in [5, 5.41) is 21.6. The van der Waals surface area contributed by atoms with Crippen molar-refractivity contribution in [1.82, 2.24) is 14.6 Å². The average Bonchev–Trinajstić information content (AvgIpc) is 3.36. The first-order valence-electron chi connectivity index (χ1n) is 11.4. The van der Waals surface area contributed by atoms with Gasteiger partial charge in [0.25, 0.3) is 5.13 Å². The molecule has 6 atom stereocenters. The third-order valence-electron chi connectivity index (χ3n) is 6.21. The molecule has 1 aromatic carbocycles. The van der Waals surface area contributed by atoms with Crippen LogP contribution in [0.25, 0.3) is 5.52 Å². The molecule has 1 aliphatic rings. The van der Waals surface area contributed by atoms with Crippen molar-refractivity contribution >= 4 is 42.3 Å². The number of nitriles is 1. The summed E-state index contributed by atoms with van der Waals surface area (Å²) in [5.41, 5.74) is 8.88. The monoisotopic (exact) mass is 566 g/mol. The standard InChI is InChI=1S/C23H25ClFN6O6P/c1-13(14(2)32)11-38(34,37-15-6-4-3-5-7-15)35-10-17-19(33)23(24,25)22(12-26,36-17)18-9-8-16-20(27)29-21(28)30-31(16)18/h3-9,13,17,19,33H,10-11H2,1-2H3,(H4,27,28,29,30)/t13-,17-,19?,22+,23-,38?/m1/s1. The number of halogens is 2. The number of rotatable bonds is 9. The van der Waals surface area contributed by atoms with Crippen LogP contribution in [0.5, 0.6) is 5.75 Å². The Morgan fingerprint density at radius 3 is 2.68 bits per heavy atom. The number of aliphatic hydroxyl groups is 1. The van der Waals surface area contributed by atoms with Crippen molar-refractivity contribution in [2.75, 3.05) is 24.2 Å². The van der Waals surface area contributed by atoms with Crippen LogP contribution in [0.1, 0.15) is 19.5 Å². The molecule has 3 heterocycles. The second kappa shape index (κ2) is 10.1. The second-order valence-electron chi connectivity index (χ2n) is 8.89. The number of carbonyl (C=O) groups is 1. The molecule has 0 radical (unpaired) electrons. The number of carbonyl (C=O) groups excluding carboxylic acids is 1. The molecule has 2 unspecified atom stereocenters. The lowest BCUT2D eigenvalue weighted by Crippen LogP contribution is -2.46. The molecular weight excluding hydrogens is 542 g/mol. The lowest BCUT2D eigenvalue weighted by atomic mass is 9.93. The first-order chi connectivity index (χ1) is 17.8. The summed E-state index contributed by atoms with van der Waals surface area (Å²) in [6.45, 7) is 2.19. The number of hydrogen-bond acceptors (Lipinski definition) is 11. The van der Waals surface area contributed by atoms with Crippen LogP contribution >= 0.6 is 19.2 Å². The van der Waals surface area contributed by atoms with Gasteiger partial charge in [-0.1, -0.05) is 36.7 Å². The van der Waals surface area contributed by atoms with E-state index in [2.05, 4.69) is 10.1 Å². The van der Waals surface area contributed by atoms with Crippen molar-refractivity contribution in [1.29, 1.82) is 5.26 Å². The normalized spacial score (nSPS) is 27.5. The Balaban J connectivity index is 1.66. The quantitative estimate of drug-likeness (QED) is 0.255. The van der Waals surface area contributed by atoms with Crippen LogP contribution in [0, 0.1) is 17.2 Å². The fourth-order valence-electron chi connectivity index (χ4n) is 4.04. The maximum absolute atomic E-state index is 16.0. The van der Waals surface area contributed by atoms with E-state index in [4.69, 9.17) is 36.9 Å². The number of anilines is 2. The van der Waals surface area contributed by atoms with E-state index in [0.717, 1.165) is 4.52 Å². The summed E-state index contributed by atoms with van der Waals surface area (Å²) in [6, 6.07) is 12.5. The number of fused-ring (bicyclic) bond motifs is 1. The minimum absolute atomic E-state index is 0.0483. The highest BCUT2D eigenvalue weighted by Gasteiger charge is 2.69. The number of nitrogens with two attached hydrogens (primary N) is 2. The van der Waals surface area contributed by atoms with Gasteiger partial charge in [0.2, 0.25) is 11.5 Å². The summed E-state index contributed by atoms with van der Waals surface area (Å²) in [7, 11) is -4.05. The molecule has 2 aromatic heterocycles. The lowest BCUT2D eigenvalue weighted by Gasteiger charge is -2.28. The van der Waals surface area contributed by atoms with E-state index in [0.29, 0.717) is 0 Å². The molecule has 0 amide bonds. The van der Waals surface area contributed by atoms with E-state index in [9.17, 15) is 19.7 Å². The second-order valence-corrected chi connectivity index (χ2v) is 11.5. The van der Waals surface area contributed by atoms with E-state index < -0.39 is 43.1 Å². The van der Waals surface area contributed by atoms with Crippen LogP contribution in [-0.2, 0) is 24.2 Å². The Morgan fingerprint density at radius 1 is 1.37 bits per heavy atom. The minimum atomic E-state index is -4.05. The zero-order valence-corrected chi connectivity index (χ0v) is 22.0. The Morgan fingerprint density at radius 2 is 2.05 bits per heavy atom. The predicted molar refractivity (Wildman–Crippen MR) is 135 cm³/mol. The number of para-hydroxylation sites is 1. The van der Waals surface area contributed by atoms with E-state index >= 15 is 4.39 Å². The molecule has 4 rings (SSSR count). The van der Waals surface area contributed by atoms with E-state index in [1.54, 1.807) is 43.3 Å². The zero-order chi connectivity index (χ0) is 27.9. The number of aromatic nitrogens is 3. The fourth-order valence-corrected chi connectivity index (χ4v) is 6.34. The number of aliphatic hydroxyl groups excluding tert-OH is 1. The number of Topliss-reactive ketones (excluding diaryl/α,β-unsaturated/α-hetero) is 1. The molecule has 1 saturated heterocycles. The van der Waals surface area contributed by atoms with Crippen LogP contribution in [-0.4, -0.2) is 55.6 Å². The van der Waals surface area contributed by atoms with Gasteiger partial charge in [-0.05, 0) is 31.2 Å². The highest BCUT2D eigenvalue weighted by Crippen LogP contribution is 2.55. The largest absolute Gasteiger partial charge is 0.424 e. The lowest BCUT2D eigenvalue weighted by molar-refractivity contribution is -0.119. The van der Waals surface area contributed by atoms with Crippen molar-refractivity contribution < 1.29 is 32.6 Å². The van der Waals surface area contributed by atoms with E-state index in [1.807, 2.05) is 0 Å². The van der Waals surface area contributed by atoms with Gasteiger partial charge in [-0.2, -0.15) is 10.2 Å². The fraction of sp³-hybridized carbons (Fsp3) is 0.391. The zero-order valence-electron chi connectivity index (χ0n) is 20.3. The van der Waals surface area contributed by atoms with Crippen molar-refractivity contribution in [3.05, 3.63) is 48.2 Å². The van der Waals surface area contributed by atoms with Crippen LogP contribution < -0.4 is 16.0 Å². The van der Waals surface area contributed by atoms with Crippen LogP contribution in [0.3, 0.4) is 0 Å². The smallest absolute Gasteiger partial charge is 0.379 e. The van der Waals surface area contributed by atoms with Gasteiger partial charge in [-0.25, -0.2) is 13.5 Å². The van der Waals surface area contributed by atoms with Crippen LogP contribution in [0.4, 0.5) is 16.2 Å². The van der Waals surface area contributed by atoms with Gasteiger partial charge in [0, 0.05) is 5.92 Å². The molecule has 0 bridgehead atoms. The first kappa shape index (κ1) is 27.8. The van der Waals surface area contributed by atoms with Crippen LogP contribution in [0.2, 0.25) is 0 Å². The topological polar surface area (TPSA) is 188 Å². The van der Waals surface area contributed by atoms with Gasteiger partial charge in [-0.15, -0.1) is 5.10 Å². The molecule has 3 aromatic rings. The molecular formula is C23H25ClFN6O6P. The van der Waals surface area contributed by atoms with Crippen molar-refractivity contribution in [3.8, 4) is 11.8 Å².